The molecular formula is C15H11BrN2O. The van der Waals surface area contributed by atoms with Crippen molar-refractivity contribution in [2.45, 2.75) is 12.8 Å². The number of benzene rings is 2. The Morgan fingerprint density at radius 3 is 2.58 bits per heavy atom. The predicted octanol–water partition coefficient (Wildman–Crippen LogP) is 3.84. The molecule has 0 atom stereocenters. The maximum Gasteiger partial charge on any atom is 0.244 e. The Balaban J connectivity index is 1.88. The molecule has 0 bridgehead atoms. The first-order chi connectivity index (χ1) is 9.13. The van der Waals surface area contributed by atoms with Gasteiger partial charge >= 0.3 is 0 Å². The molecule has 1 aliphatic rings. The third kappa shape index (κ3) is 2.22. The summed E-state index contributed by atoms with van der Waals surface area (Å²) < 4.78 is 1.03. The van der Waals surface area contributed by atoms with Crippen LogP contribution in [0.2, 0.25) is 0 Å². The lowest BCUT2D eigenvalue weighted by molar-refractivity contribution is -0.119. The molecule has 1 N–H and O–H groups in total. The third-order valence-electron chi connectivity index (χ3n) is 3.46. The number of anilines is 1. The topological polar surface area (TPSA) is 52.9 Å². The fourth-order valence-corrected chi connectivity index (χ4v) is 2.44. The SMILES string of the molecule is N#CC1(C(=O)Nc2ccc3cc(Br)ccc3c2)CC1. The van der Waals surface area contributed by atoms with Crippen LogP contribution in [0.4, 0.5) is 5.69 Å². The Morgan fingerprint density at radius 2 is 1.89 bits per heavy atom. The van der Waals surface area contributed by atoms with Crippen molar-refractivity contribution >= 4 is 38.3 Å². The van der Waals surface area contributed by atoms with Gasteiger partial charge in [-0.2, -0.15) is 5.26 Å². The van der Waals surface area contributed by atoms with Crippen molar-refractivity contribution in [3.8, 4) is 6.07 Å². The van der Waals surface area contributed by atoms with E-state index in [9.17, 15) is 4.79 Å². The second-order valence-corrected chi connectivity index (χ2v) is 5.77. The molecule has 1 aliphatic carbocycles. The Morgan fingerprint density at radius 1 is 1.21 bits per heavy atom. The lowest BCUT2D eigenvalue weighted by Crippen LogP contribution is -2.22. The number of fused-ring (bicyclic) bond motifs is 1. The van der Waals surface area contributed by atoms with Crippen molar-refractivity contribution in [2.24, 2.45) is 5.41 Å². The minimum Gasteiger partial charge on any atom is -0.325 e. The number of carbonyl (C=O) groups excluding carboxylic acids is 1. The first-order valence-corrected chi connectivity index (χ1v) is 6.84. The molecule has 0 aliphatic heterocycles. The van der Waals surface area contributed by atoms with Crippen molar-refractivity contribution in [3.05, 3.63) is 40.9 Å². The molecule has 0 radical (unpaired) electrons. The smallest absolute Gasteiger partial charge is 0.244 e. The summed E-state index contributed by atoms with van der Waals surface area (Å²) in [6.07, 6.45) is 1.33. The van der Waals surface area contributed by atoms with E-state index in [1.54, 1.807) is 0 Å². The number of nitrogens with zero attached hydrogens (tertiary/aromatic N) is 1. The van der Waals surface area contributed by atoms with Crippen LogP contribution in [-0.4, -0.2) is 5.91 Å². The maximum atomic E-state index is 12.0. The van der Waals surface area contributed by atoms with Crippen LogP contribution < -0.4 is 5.32 Å². The third-order valence-corrected chi connectivity index (χ3v) is 3.95. The van der Waals surface area contributed by atoms with Gasteiger partial charge in [0.05, 0.1) is 6.07 Å². The van der Waals surface area contributed by atoms with E-state index >= 15 is 0 Å². The number of hydrogen-bond acceptors (Lipinski definition) is 2. The van der Waals surface area contributed by atoms with Gasteiger partial charge in [0.2, 0.25) is 5.91 Å². The first kappa shape index (κ1) is 12.2. The van der Waals surface area contributed by atoms with Crippen LogP contribution in [0.5, 0.6) is 0 Å². The van der Waals surface area contributed by atoms with Gasteiger partial charge in [0, 0.05) is 10.2 Å². The van der Waals surface area contributed by atoms with Crippen molar-refractivity contribution in [1.82, 2.24) is 0 Å². The normalized spacial score (nSPS) is 15.8. The van der Waals surface area contributed by atoms with E-state index in [-0.39, 0.29) is 5.91 Å². The van der Waals surface area contributed by atoms with Crippen LogP contribution >= 0.6 is 15.9 Å². The minimum atomic E-state index is -0.783. The molecule has 0 spiro atoms. The number of amides is 1. The summed E-state index contributed by atoms with van der Waals surface area (Å²) in [5, 5.41) is 14.0. The summed E-state index contributed by atoms with van der Waals surface area (Å²) >= 11 is 3.43. The number of nitrogens with one attached hydrogen (secondary N) is 1. The van der Waals surface area contributed by atoms with Gasteiger partial charge in [-0.15, -0.1) is 0 Å². The number of nitriles is 1. The predicted molar refractivity (Wildman–Crippen MR) is 77.6 cm³/mol. The molecule has 1 saturated carbocycles. The van der Waals surface area contributed by atoms with Gasteiger partial charge in [-0.3, -0.25) is 4.79 Å². The highest BCUT2D eigenvalue weighted by Crippen LogP contribution is 2.45. The Bertz CT molecular complexity index is 714. The van der Waals surface area contributed by atoms with Crippen molar-refractivity contribution in [2.75, 3.05) is 5.32 Å². The highest BCUT2D eigenvalue weighted by atomic mass is 79.9. The van der Waals surface area contributed by atoms with Crippen molar-refractivity contribution in [3.63, 3.8) is 0 Å². The van der Waals surface area contributed by atoms with Crippen LogP contribution in [0.15, 0.2) is 40.9 Å². The van der Waals surface area contributed by atoms with E-state index in [2.05, 4.69) is 27.3 Å². The summed E-state index contributed by atoms with van der Waals surface area (Å²) in [4.78, 5) is 12.0. The summed E-state index contributed by atoms with van der Waals surface area (Å²) in [6.45, 7) is 0. The average Bonchev–Trinajstić information content (AvgIpc) is 3.20. The van der Waals surface area contributed by atoms with Crippen molar-refractivity contribution in [1.29, 1.82) is 5.26 Å². The molecule has 0 heterocycles. The Kier molecular flexibility index (Phi) is 2.79. The molecule has 19 heavy (non-hydrogen) atoms. The summed E-state index contributed by atoms with van der Waals surface area (Å²) in [6, 6.07) is 13.8. The number of rotatable bonds is 2. The standard InChI is InChI=1S/C15H11BrN2O/c16-12-3-1-11-8-13(4-2-10(11)7-12)18-14(19)15(9-17)5-6-15/h1-4,7-8H,5-6H2,(H,18,19). The fraction of sp³-hybridized carbons (Fsp3) is 0.200. The molecule has 3 rings (SSSR count). The summed E-state index contributed by atoms with van der Waals surface area (Å²) in [5.74, 6) is -0.188. The molecule has 0 unspecified atom stereocenters. The van der Waals surface area contributed by atoms with Gasteiger partial charge < -0.3 is 5.32 Å². The second kappa shape index (κ2) is 4.36. The monoisotopic (exact) mass is 314 g/mol. The molecule has 3 nitrogen and oxygen atoms in total. The zero-order chi connectivity index (χ0) is 13.5. The van der Waals surface area contributed by atoms with Crippen LogP contribution in [0.25, 0.3) is 10.8 Å². The highest BCUT2D eigenvalue weighted by molar-refractivity contribution is 9.10. The van der Waals surface area contributed by atoms with E-state index in [1.165, 1.54) is 0 Å². The van der Waals surface area contributed by atoms with E-state index in [0.717, 1.165) is 20.9 Å². The quantitative estimate of drug-likeness (QED) is 0.915. The molecule has 4 heteroatoms. The van der Waals surface area contributed by atoms with E-state index < -0.39 is 5.41 Å². The highest BCUT2D eigenvalue weighted by Gasteiger charge is 2.50. The zero-order valence-electron chi connectivity index (χ0n) is 10.1. The van der Waals surface area contributed by atoms with Crippen LogP contribution in [0, 0.1) is 16.7 Å². The molecule has 0 saturated heterocycles. The summed E-state index contributed by atoms with van der Waals surface area (Å²) in [5.41, 5.74) is -0.0457. The molecule has 0 aromatic heterocycles. The molecule has 2 aromatic carbocycles. The van der Waals surface area contributed by atoms with Crippen LogP contribution in [0.1, 0.15) is 12.8 Å². The van der Waals surface area contributed by atoms with Crippen LogP contribution in [-0.2, 0) is 4.79 Å². The van der Waals surface area contributed by atoms with Gasteiger partial charge in [0.15, 0.2) is 0 Å². The molecule has 1 amide bonds. The van der Waals surface area contributed by atoms with E-state index in [4.69, 9.17) is 5.26 Å². The van der Waals surface area contributed by atoms with E-state index in [0.29, 0.717) is 12.8 Å². The average molecular weight is 315 g/mol. The zero-order valence-corrected chi connectivity index (χ0v) is 11.7. The van der Waals surface area contributed by atoms with Crippen LogP contribution in [0.3, 0.4) is 0 Å². The lowest BCUT2D eigenvalue weighted by Gasteiger charge is -2.09. The van der Waals surface area contributed by atoms with Gasteiger partial charge in [0.25, 0.3) is 0 Å². The molecule has 1 fully saturated rings. The fourth-order valence-electron chi connectivity index (χ4n) is 2.06. The van der Waals surface area contributed by atoms with Gasteiger partial charge in [-0.25, -0.2) is 0 Å². The molecule has 2 aromatic rings. The molecular weight excluding hydrogens is 304 g/mol. The first-order valence-electron chi connectivity index (χ1n) is 6.05. The van der Waals surface area contributed by atoms with Gasteiger partial charge in [-0.1, -0.05) is 28.1 Å². The van der Waals surface area contributed by atoms with Gasteiger partial charge in [0.1, 0.15) is 5.41 Å². The lowest BCUT2D eigenvalue weighted by atomic mass is 10.1. The number of halogens is 1. The number of carbonyl (C=O) groups is 1. The van der Waals surface area contributed by atoms with Crippen molar-refractivity contribution < 1.29 is 4.79 Å². The number of hydrogen-bond donors (Lipinski definition) is 1. The largest absolute Gasteiger partial charge is 0.325 e. The summed E-state index contributed by atoms with van der Waals surface area (Å²) in [7, 11) is 0. The Labute approximate surface area is 119 Å². The molecule has 94 valence electrons. The Hall–Kier alpha value is -1.86. The minimum absolute atomic E-state index is 0.188. The van der Waals surface area contributed by atoms with Gasteiger partial charge in [-0.05, 0) is 47.9 Å². The van der Waals surface area contributed by atoms with E-state index in [1.807, 2.05) is 36.4 Å². The second-order valence-electron chi connectivity index (χ2n) is 4.85. The maximum absolute atomic E-state index is 12.0.